The van der Waals surface area contributed by atoms with Crippen molar-refractivity contribution in [2.75, 3.05) is 23.3 Å². The minimum Gasteiger partial charge on any atom is -0.339 e. The summed E-state index contributed by atoms with van der Waals surface area (Å²) in [6.07, 6.45) is 4.77. The van der Waals surface area contributed by atoms with Crippen molar-refractivity contribution in [3.8, 4) is 0 Å². The maximum Gasteiger partial charge on any atom is 0.333 e. The van der Waals surface area contributed by atoms with Gasteiger partial charge >= 0.3 is 6.03 Å². The van der Waals surface area contributed by atoms with Crippen LogP contribution in [0.2, 0.25) is 0 Å². The average molecular weight is 388 g/mol. The SMILES string of the molecule is O=C(c1ccc(NC(=O)N(c2ccccc2)c2ncncn2)cc1)N1CCCC1. The van der Waals surface area contributed by atoms with Crippen LogP contribution < -0.4 is 10.2 Å². The van der Waals surface area contributed by atoms with Gasteiger partial charge in [-0.05, 0) is 49.2 Å². The number of hydrogen-bond donors (Lipinski definition) is 1. The van der Waals surface area contributed by atoms with Gasteiger partial charge in [0, 0.05) is 24.3 Å². The first kappa shape index (κ1) is 18.5. The summed E-state index contributed by atoms with van der Waals surface area (Å²) in [5.74, 6) is 0.237. The van der Waals surface area contributed by atoms with Crippen molar-refractivity contribution in [3.05, 3.63) is 72.8 Å². The second kappa shape index (κ2) is 8.47. The predicted molar refractivity (Wildman–Crippen MR) is 109 cm³/mol. The normalized spacial score (nSPS) is 13.2. The van der Waals surface area contributed by atoms with E-state index < -0.39 is 6.03 Å². The number of para-hydroxylation sites is 1. The standard InChI is InChI=1S/C21H20N6O2/c28-19(26-12-4-5-13-26)16-8-10-17(11-9-16)25-21(29)27(18-6-2-1-3-7-18)20-23-14-22-15-24-20/h1-3,6-11,14-15H,4-5,12-13H2,(H,25,29). The molecule has 146 valence electrons. The molecule has 1 N–H and O–H groups in total. The third-order valence-corrected chi connectivity index (χ3v) is 4.67. The van der Waals surface area contributed by atoms with Crippen LogP contribution in [-0.4, -0.2) is 44.9 Å². The van der Waals surface area contributed by atoms with Gasteiger partial charge in [0.25, 0.3) is 5.91 Å². The molecular weight excluding hydrogens is 368 g/mol. The van der Waals surface area contributed by atoms with Crippen molar-refractivity contribution in [2.45, 2.75) is 12.8 Å². The molecule has 3 aromatic rings. The van der Waals surface area contributed by atoms with Gasteiger partial charge in [0.05, 0.1) is 5.69 Å². The summed E-state index contributed by atoms with van der Waals surface area (Å²) in [4.78, 5) is 40.7. The number of benzene rings is 2. The fraction of sp³-hybridized carbons (Fsp3) is 0.190. The molecule has 0 spiro atoms. The number of likely N-dealkylation sites (tertiary alicyclic amines) is 1. The van der Waals surface area contributed by atoms with E-state index in [0.29, 0.717) is 16.9 Å². The van der Waals surface area contributed by atoms with E-state index in [0.717, 1.165) is 25.9 Å². The number of nitrogens with zero attached hydrogens (tertiary/aromatic N) is 5. The van der Waals surface area contributed by atoms with E-state index in [4.69, 9.17) is 0 Å². The van der Waals surface area contributed by atoms with E-state index in [1.807, 2.05) is 23.1 Å². The zero-order valence-corrected chi connectivity index (χ0v) is 15.7. The molecule has 4 rings (SSSR count). The topological polar surface area (TPSA) is 91.3 Å². The van der Waals surface area contributed by atoms with Crippen molar-refractivity contribution < 1.29 is 9.59 Å². The number of anilines is 3. The fourth-order valence-electron chi connectivity index (χ4n) is 3.23. The Morgan fingerprint density at radius 3 is 2.21 bits per heavy atom. The van der Waals surface area contributed by atoms with Crippen LogP contribution in [0.4, 0.5) is 22.1 Å². The molecule has 2 aromatic carbocycles. The van der Waals surface area contributed by atoms with Gasteiger partial charge < -0.3 is 10.2 Å². The molecule has 0 aliphatic carbocycles. The Bertz CT molecular complexity index is 934. The second-order valence-corrected chi connectivity index (χ2v) is 6.62. The van der Waals surface area contributed by atoms with Crippen LogP contribution in [-0.2, 0) is 0 Å². The lowest BCUT2D eigenvalue weighted by molar-refractivity contribution is 0.0793. The first-order chi connectivity index (χ1) is 14.2. The monoisotopic (exact) mass is 388 g/mol. The van der Waals surface area contributed by atoms with E-state index >= 15 is 0 Å². The molecule has 1 saturated heterocycles. The molecular formula is C21H20N6O2. The van der Waals surface area contributed by atoms with E-state index in [1.165, 1.54) is 17.6 Å². The van der Waals surface area contributed by atoms with Crippen molar-refractivity contribution >= 4 is 29.3 Å². The number of carbonyl (C=O) groups is 2. The highest BCUT2D eigenvalue weighted by Crippen LogP contribution is 2.23. The average Bonchev–Trinajstić information content (AvgIpc) is 3.30. The van der Waals surface area contributed by atoms with E-state index in [-0.39, 0.29) is 11.9 Å². The summed E-state index contributed by atoms with van der Waals surface area (Å²) >= 11 is 0. The van der Waals surface area contributed by atoms with Crippen molar-refractivity contribution in [3.63, 3.8) is 0 Å². The molecule has 1 aliphatic rings. The zero-order valence-electron chi connectivity index (χ0n) is 15.7. The van der Waals surface area contributed by atoms with Crippen LogP contribution in [0.3, 0.4) is 0 Å². The Morgan fingerprint density at radius 1 is 0.897 bits per heavy atom. The minimum atomic E-state index is -0.416. The molecule has 8 heteroatoms. The van der Waals surface area contributed by atoms with Gasteiger partial charge in [-0.2, -0.15) is 0 Å². The first-order valence-corrected chi connectivity index (χ1v) is 9.40. The summed E-state index contributed by atoms with van der Waals surface area (Å²) in [5.41, 5.74) is 1.81. The van der Waals surface area contributed by atoms with Crippen molar-refractivity contribution in [1.82, 2.24) is 19.9 Å². The van der Waals surface area contributed by atoms with E-state index in [2.05, 4.69) is 20.3 Å². The molecule has 0 bridgehead atoms. The summed E-state index contributed by atoms with van der Waals surface area (Å²) in [6, 6.07) is 15.6. The Balaban J connectivity index is 1.52. The number of urea groups is 1. The Hall–Kier alpha value is -3.81. The van der Waals surface area contributed by atoms with E-state index in [9.17, 15) is 9.59 Å². The molecule has 3 amide bonds. The number of aromatic nitrogens is 3. The lowest BCUT2D eigenvalue weighted by atomic mass is 10.2. The van der Waals surface area contributed by atoms with Crippen LogP contribution in [0.25, 0.3) is 0 Å². The third kappa shape index (κ3) is 4.21. The maximum absolute atomic E-state index is 13.0. The smallest absolute Gasteiger partial charge is 0.333 e. The molecule has 8 nitrogen and oxygen atoms in total. The molecule has 1 fully saturated rings. The second-order valence-electron chi connectivity index (χ2n) is 6.62. The molecule has 29 heavy (non-hydrogen) atoms. The minimum absolute atomic E-state index is 0.0245. The summed E-state index contributed by atoms with van der Waals surface area (Å²) in [7, 11) is 0. The molecule has 0 saturated carbocycles. The lowest BCUT2D eigenvalue weighted by Gasteiger charge is -2.21. The van der Waals surface area contributed by atoms with Crippen LogP contribution in [0, 0.1) is 0 Å². The first-order valence-electron chi connectivity index (χ1n) is 9.40. The number of rotatable bonds is 4. The Kier molecular flexibility index (Phi) is 5.42. The molecule has 0 radical (unpaired) electrons. The highest BCUT2D eigenvalue weighted by Gasteiger charge is 2.22. The summed E-state index contributed by atoms with van der Waals surface area (Å²) in [6.45, 7) is 1.60. The molecule has 2 heterocycles. The molecule has 1 aliphatic heterocycles. The van der Waals surface area contributed by atoms with Gasteiger partial charge in [0.2, 0.25) is 5.95 Å². The molecule has 0 unspecified atom stereocenters. The quantitative estimate of drug-likeness (QED) is 0.739. The number of hydrogen-bond acceptors (Lipinski definition) is 5. The predicted octanol–water partition coefficient (Wildman–Crippen LogP) is 3.48. The number of carbonyl (C=O) groups excluding carboxylic acids is 2. The van der Waals surface area contributed by atoms with E-state index in [1.54, 1.807) is 36.4 Å². The Morgan fingerprint density at radius 2 is 1.55 bits per heavy atom. The van der Waals surface area contributed by atoms with Gasteiger partial charge in [-0.1, -0.05) is 18.2 Å². The fourth-order valence-corrected chi connectivity index (χ4v) is 3.23. The highest BCUT2D eigenvalue weighted by atomic mass is 16.2. The van der Waals surface area contributed by atoms with Crippen molar-refractivity contribution in [1.29, 1.82) is 0 Å². The Labute approximate surface area is 168 Å². The van der Waals surface area contributed by atoms with Gasteiger partial charge in [0.1, 0.15) is 12.7 Å². The van der Waals surface area contributed by atoms with Gasteiger partial charge in [0.15, 0.2) is 0 Å². The van der Waals surface area contributed by atoms with Crippen LogP contribution in [0.1, 0.15) is 23.2 Å². The van der Waals surface area contributed by atoms with Crippen LogP contribution in [0.15, 0.2) is 67.3 Å². The zero-order chi connectivity index (χ0) is 20.1. The maximum atomic E-state index is 13.0. The lowest BCUT2D eigenvalue weighted by Crippen LogP contribution is -2.32. The highest BCUT2D eigenvalue weighted by molar-refractivity contribution is 6.06. The van der Waals surface area contributed by atoms with Gasteiger partial charge in [-0.15, -0.1) is 0 Å². The van der Waals surface area contributed by atoms with Crippen molar-refractivity contribution in [2.24, 2.45) is 0 Å². The molecule has 0 atom stereocenters. The van der Waals surface area contributed by atoms with Gasteiger partial charge in [-0.3, -0.25) is 4.79 Å². The summed E-state index contributed by atoms with van der Waals surface area (Å²) < 4.78 is 0. The van der Waals surface area contributed by atoms with Gasteiger partial charge in [-0.25, -0.2) is 24.6 Å². The van der Waals surface area contributed by atoms with Crippen LogP contribution in [0.5, 0.6) is 0 Å². The largest absolute Gasteiger partial charge is 0.339 e. The van der Waals surface area contributed by atoms with Crippen LogP contribution >= 0.6 is 0 Å². The number of amides is 3. The summed E-state index contributed by atoms with van der Waals surface area (Å²) in [5, 5.41) is 2.84. The molecule has 1 aromatic heterocycles. The third-order valence-electron chi connectivity index (χ3n) is 4.67. The number of nitrogens with one attached hydrogen (secondary N) is 1.